The first-order chi connectivity index (χ1) is 9.38. The first kappa shape index (κ1) is 14.0. The highest BCUT2D eigenvalue weighted by atomic mass is 32.2. The van der Waals surface area contributed by atoms with Gasteiger partial charge in [-0.05, 0) is 18.2 Å². The van der Waals surface area contributed by atoms with Gasteiger partial charge in [-0.15, -0.1) is 4.83 Å². The molecular formula is C11H12N4O4S. The highest BCUT2D eigenvalue weighted by molar-refractivity contribution is 7.89. The fourth-order valence-electron chi connectivity index (χ4n) is 1.43. The van der Waals surface area contributed by atoms with E-state index in [1.807, 2.05) is 10.3 Å². The van der Waals surface area contributed by atoms with Crippen molar-refractivity contribution in [3.05, 3.63) is 42.2 Å². The minimum atomic E-state index is -3.88. The van der Waals surface area contributed by atoms with Gasteiger partial charge in [0.15, 0.2) is 0 Å². The minimum absolute atomic E-state index is 0.0730. The molecule has 1 aromatic heterocycles. The van der Waals surface area contributed by atoms with Crippen molar-refractivity contribution >= 4 is 15.9 Å². The van der Waals surface area contributed by atoms with Crippen LogP contribution < -0.4 is 10.3 Å². The number of aromatic hydroxyl groups is 1. The Hall–Kier alpha value is -2.39. The normalized spacial score (nSPS) is 11.2. The second-order valence-electron chi connectivity index (χ2n) is 3.96. The predicted octanol–water partition coefficient (Wildman–Crippen LogP) is -0.251. The van der Waals surface area contributed by atoms with Gasteiger partial charge in [0.1, 0.15) is 10.6 Å². The van der Waals surface area contributed by atoms with Gasteiger partial charge in [-0.25, -0.2) is 8.42 Å². The van der Waals surface area contributed by atoms with E-state index in [0.717, 1.165) is 6.20 Å². The highest BCUT2D eigenvalue weighted by Crippen LogP contribution is 2.10. The van der Waals surface area contributed by atoms with E-state index in [9.17, 15) is 18.3 Å². The van der Waals surface area contributed by atoms with Crippen molar-refractivity contribution in [1.29, 1.82) is 0 Å². The van der Waals surface area contributed by atoms with Crippen LogP contribution in [0.5, 0.6) is 5.75 Å². The number of nitrogens with zero attached hydrogens (tertiary/aromatic N) is 2. The van der Waals surface area contributed by atoms with Gasteiger partial charge in [0.05, 0.1) is 6.20 Å². The molecule has 0 aliphatic rings. The summed E-state index contributed by atoms with van der Waals surface area (Å²) in [6, 6.07) is 5.53. The number of benzene rings is 1. The second-order valence-corrected chi connectivity index (χ2v) is 5.64. The zero-order valence-corrected chi connectivity index (χ0v) is 11.3. The number of aryl methyl sites for hydroxylation is 1. The number of phenols is 1. The van der Waals surface area contributed by atoms with E-state index < -0.39 is 15.9 Å². The Labute approximate surface area is 115 Å². The number of phenolic OH excluding ortho intramolecular Hbond substituents is 1. The lowest BCUT2D eigenvalue weighted by Crippen LogP contribution is -2.41. The van der Waals surface area contributed by atoms with Crippen LogP contribution in [0.1, 0.15) is 10.4 Å². The number of hydrogen-bond donors (Lipinski definition) is 3. The molecule has 2 rings (SSSR count). The number of nitrogens with one attached hydrogen (secondary N) is 2. The molecular weight excluding hydrogens is 284 g/mol. The summed E-state index contributed by atoms with van der Waals surface area (Å²) in [6.45, 7) is 0. The molecule has 1 amide bonds. The van der Waals surface area contributed by atoms with E-state index >= 15 is 0 Å². The van der Waals surface area contributed by atoms with E-state index in [-0.39, 0.29) is 16.2 Å². The van der Waals surface area contributed by atoms with Gasteiger partial charge in [-0.3, -0.25) is 14.9 Å². The Morgan fingerprint density at radius 3 is 2.75 bits per heavy atom. The first-order valence-electron chi connectivity index (χ1n) is 5.48. The molecule has 0 aliphatic heterocycles. The fourth-order valence-corrected chi connectivity index (χ4v) is 2.25. The molecule has 106 valence electrons. The van der Waals surface area contributed by atoms with E-state index in [1.165, 1.54) is 35.1 Å². The van der Waals surface area contributed by atoms with Gasteiger partial charge in [-0.2, -0.15) is 5.10 Å². The monoisotopic (exact) mass is 296 g/mol. The molecule has 9 heteroatoms. The predicted molar refractivity (Wildman–Crippen MR) is 69.1 cm³/mol. The van der Waals surface area contributed by atoms with Crippen LogP contribution in [0.15, 0.2) is 41.6 Å². The molecule has 8 nitrogen and oxygen atoms in total. The maximum atomic E-state index is 11.8. The van der Waals surface area contributed by atoms with E-state index in [4.69, 9.17) is 0 Å². The van der Waals surface area contributed by atoms with Gasteiger partial charge >= 0.3 is 0 Å². The molecule has 0 radical (unpaired) electrons. The Balaban J connectivity index is 2.07. The van der Waals surface area contributed by atoms with Crippen LogP contribution in [-0.4, -0.2) is 29.2 Å². The number of carbonyl (C=O) groups excluding carboxylic acids is 1. The lowest BCUT2D eigenvalue weighted by Gasteiger charge is -2.07. The van der Waals surface area contributed by atoms with Crippen molar-refractivity contribution < 1.29 is 18.3 Å². The van der Waals surface area contributed by atoms with Gasteiger partial charge in [0, 0.05) is 18.8 Å². The van der Waals surface area contributed by atoms with Crippen LogP contribution in [0.2, 0.25) is 0 Å². The Morgan fingerprint density at radius 1 is 1.40 bits per heavy atom. The zero-order chi connectivity index (χ0) is 14.8. The molecule has 0 bridgehead atoms. The summed E-state index contributed by atoms with van der Waals surface area (Å²) < 4.78 is 25.0. The number of rotatable bonds is 4. The van der Waals surface area contributed by atoms with Gasteiger partial charge in [0.25, 0.3) is 15.9 Å². The third kappa shape index (κ3) is 3.13. The standard InChI is InChI=1S/C11H12N4O4S/c1-15-7-10(6-12-15)20(18,19)14-13-11(17)8-3-2-4-9(16)5-8/h2-7,14,16H,1H3,(H,13,17). The number of hydrazine groups is 1. The molecule has 0 spiro atoms. The molecule has 0 fully saturated rings. The largest absolute Gasteiger partial charge is 0.508 e. The molecule has 1 heterocycles. The van der Waals surface area contributed by atoms with Crippen LogP contribution in [0.25, 0.3) is 0 Å². The lowest BCUT2D eigenvalue weighted by molar-refractivity contribution is 0.0944. The van der Waals surface area contributed by atoms with Crippen LogP contribution in [-0.2, 0) is 17.1 Å². The number of aromatic nitrogens is 2. The van der Waals surface area contributed by atoms with Crippen LogP contribution in [0.3, 0.4) is 0 Å². The Bertz CT molecular complexity index is 738. The summed E-state index contributed by atoms with van der Waals surface area (Å²) in [7, 11) is -2.31. The third-order valence-electron chi connectivity index (χ3n) is 2.40. The zero-order valence-electron chi connectivity index (χ0n) is 10.4. The van der Waals surface area contributed by atoms with Crippen molar-refractivity contribution in [3.63, 3.8) is 0 Å². The molecule has 0 aliphatic carbocycles. The van der Waals surface area contributed by atoms with Crippen molar-refractivity contribution in [2.45, 2.75) is 4.90 Å². The quantitative estimate of drug-likeness (QED) is 0.673. The van der Waals surface area contributed by atoms with Crippen LogP contribution in [0.4, 0.5) is 0 Å². The summed E-state index contributed by atoms with van der Waals surface area (Å²) in [5.74, 6) is -0.777. The number of amides is 1. The lowest BCUT2D eigenvalue weighted by atomic mass is 10.2. The number of carbonyl (C=O) groups is 1. The smallest absolute Gasteiger partial charge is 0.266 e. The topological polar surface area (TPSA) is 113 Å². The van der Waals surface area contributed by atoms with Crippen molar-refractivity contribution in [1.82, 2.24) is 20.0 Å². The molecule has 0 unspecified atom stereocenters. The Morgan fingerprint density at radius 2 is 2.15 bits per heavy atom. The van der Waals surface area contributed by atoms with Crippen LogP contribution in [0, 0.1) is 0 Å². The van der Waals surface area contributed by atoms with Crippen molar-refractivity contribution in [2.75, 3.05) is 0 Å². The highest BCUT2D eigenvalue weighted by Gasteiger charge is 2.17. The molecule has 0 saturated heterocycles. The third-order valence-corrected chi connectivity index (χ3v) is 3.60. The van der Waals surface area contributed by atoms with Crippen molar-refractivity contribution in [3.8, 4) is 5.75 Å². The van der Waals surface area contributed by atoms with Gasteiger partial charge in [0.2, 0.25) is 0 Å². The SMILES string of the molecule is Cn1cc(S(=O)(=O)NNC(=O)c2cccc(O)c2)cn1. The fraction of sp³-hybridized carbons (Fsp3) is 0.0909. The maximum Gasteiger partial charge on any atom is 0.266 e. The summed E-state index contributed by atoms with van der Waals surface area (Å²) in [5.41, 5.74) is 2.17. The number of hydrogen-bond acceptors (Lipinski definition) is 5. The van der Waals surface area contributed by atoms with E-state index in [2.05, 4.69) is 5.10 Å². The number of sulfonamides is 1. The first-order valence-corrected chi connectivity index (χ1v) is 6.96. The summed E-state index contributed by atoms with van der Waals surface area (Å²) in [6.07, 6.45) is 2.45. The maximum absolute atomic E-state index is 11.8. The van der Waals surface area contributed by atoms with Gasteiger partial charge < -0.3 is 5.11 Å². The second kappa shape index (κ2) is 5.31. The minimum Gasteiger partial charge on any atom is -0.508 e. The summed E-state index contributed by atoms with van der Waals surface area (Å²) in [4.78, 5) is 13.6. The summed E-state index contributed by atoms with van der Waals surface area (Å²) >= 11 is 0. The van der Waals surface area contributed by atoms with Crippen molar-refractivity contribution in [2.24, 2.45) is 7.05 Å². The average molecular weight is 296 g/mol. The molecule has 20 heavy (non-hydrogen) atoms. The molecule has 0 atom stereocenters. The van der Waals surface area contributed by atoms with E-state index in [0.29, 0.717) is 0 Å². The van der Waals surface area contributed by atoms with Gasteiger partial charge in [-0.1, -0.05) is 6.07 Å². The molecule has 3 N–H and O–H groups in total. The molecule has 2 aromatic rings. The van der Waals surface area contributed by atoms with E-state index in [1.54, 1.807) is 7.05 Å². The molecule has 1 aromatic carbocycles. The summed E-state index contributed by atoms with van der Waals surface area (Å²) in [5, 5.41) is 13.0. The Kier molecular flexibility index (Phi) is 3.72. The average Bonchev–Trinajstić information content (AvgIpc) is 2.83. The molecule has 0 saturated carbocycles. The van der Waals surface area contributed by atoms with Crippen LogP contribution >= 0.6 is 0 Å².